The van der Waals surface area contributed by atoms with Gasteiger partial charge in [0.25, 0.3) is 0 Å². The average Bonchev–Trinajstić information content (AvgIpc) is 2.66. The molecule has 0 aliphatic carbocycles. The van der Waals surface area contributed by atoms with Gasteiger partial charge in [-0.25, -0.2) is 0 Å². The molecule has 0 aliphatic rings. The first-order chi connectivity index (χ1) is 12.8. The molecule has 2 rings (SSSR count). The third-order valence-electron chi connectivity index (χ3n) is 4.81. The second-order valence-corrected chi connectivity index (χ2v) is 7.11. The fraction of sp³-hybridized carbons (Fsp3) is 0.185. The van der Waals surface area contributed by atoms with E-state index in [1.807, 2.05) is 6.92 Å². The Morgan fingerprint density at radius 1 is 0.778 bits per heavy atom. The minimum atomic E-state index is 1.03. The molecule has 0 fully saturated rings. The minimum Gasteiger partial charge on any atom is -0.0955 e. The summed E-state index contributed by atoms with van der Waals surface area (Å²) in [6.45, 7) is 18.8. The van der Waals surface area contributed by atoms with Gasteiger partial charge in [0.15, 0.2) is 0 Å². The number of rotatable bonds is 6. The van der Waals surface area contributed by atoms with Crippen LogP contribution >= 0.6 is 0 Å². The fourth-order valence-corrected chi connectivity index (χ4v) is 2.98. The zero-order chi connectivity index (χ0) is 20.0. The Hall–Kier alpha value is -2.86. The molecular weight excluding hydrogens is 324 g/mol. The van der Waals surface area contributed by atoms with Crippen molar-refractivity contribution in [3.05, 3.63) is 113 Å². The van der Waals surface area contributed by atoms with Crippen molar-refractivity contribution in [1.29, 1.82) is 0 Å². The SMILES string of the molecule is C=C(/C=C(\C)c1ccc(C(=C)C)cc1)/C(C)=C(\C=C/C)c1ccc(C)cc1. The largest absolute Gasteiger partial charge is 0.0955 e. The molecule has 0 bridgehead atoms. The predicted molar refractivity (Wildman–Crippen MR) is 123 cm³/mol. The molecule has 0 saturated carbocycles. The van der Waals surface area contributed by atoms with Crippen LogP contribution in [0.25, 0.3) is 16.7 Å². The van der Waals surface area contributed by atoms with Crippen molar-refractivity contribution in [2.24, 2.45) is 0 Å². The zero-order valence-corrected chi connectivity index (χ0v) is 17.3. The molecule has 0 spiro atoms. The quantitative estimate of drug-likeness (QED) is 0.460. The van der Waals surface area contributed by atoms with E-state index in [-0.39, 0.29) is 0 Å². The van der Waals surface area contributed by atoms with E-state index in [2.05, 4.69) is 108 Å². The maximum Gasteiger partial charge on any atom is -0.0152 e. The summed E-state index contributed by atoms with van der Waals surface area (Å²) < 4.78 is 0. The minimum absolute atomic E-state index is 1.03. The topological polar surface area (TPSA) is 0 Å². The average molecular weight is 355 g/mol. The van der Waals surface area contributed by atoms with Crippen LogP contribution in [0.3, 0.4) is 0 Å². The molecule has 0 N–H and O–H groups in total. The summed E-state index contributed by atoms with van der Waals surface area (Å²) in [5.74, 6) is 0. The Labute approximate surface area is 165 Å². The zero-order valence-electron chi connectivity index (χ0n) is 17.3. The van der Waals surface area contributed by atoms with Gasteiger partial charge in [-0.1, -0.05) is 91.1 Å². The highest BCUT2D eigenvalue weighted by Crippen LogP contribution is 2.27. The van der Waals surface area contributed by atoms with Crippen LogP contribution in [-0.4, -0.2) is 0 Å². The summed E-state index contributed by atoms with van der Waals surface area (Å²) in [5, 5.41) is 0. The Balaban J connectivity index is 2.37. The van der Waals surface area contributed by atoms with Crippen molar-refractivity contribution >= 4 is 16.7 Å². The van der Waals surface area contributed by atoms with Gasteiger partial charge in [-0.15, -0.1) is 0 Å². The second-order valence-electron chi connectivity index (χ2n) is 7.11. The number of aryl methyl sites for hydroxylation is 1. The molecule has 0 aliphatic heterocycles. The molecule has 0 unspecified atom stereocenters. The first kappa shape index (κ1) is 20.5. The number of hydrogen-bond acceptors (Lipinski definition) is 0. The van der Waals surface area contributed by atoms with E-state index in [4.69, 9.17) is 0 Å². The van der Waals surface area contributed by atoms with Crippen molar-refractivity contribution in [2.45, 2.75) is 34.6 Å². The lowest BCUT2D eigenvalue weighted by atomic mass is 9.93. The van der Waals surface area contributed by atoms with Gasteiger partial charge in [-0.3, -0.25) is 0 Å². The van der Waals surface area contributed by atoms with Crippen LogP contribution in [0.1, 0.15) is 49.9 Å². The molecule has 0 amide bonds. The highest BCUT2D eigenvalue weighted by molar-refractivity contribution is 5.81. The molecular formula is C27H30. The van der Waals surface area contributed by atoms with Gasteiger partial charge in [0.05, 0.1) is 0 Å². The van der Waals surface area contributed by atoms with Crippen LogP contribution in [0.15, 0.2) is 91.1 Å². The van der Waals surface area contributed by atoms with E-state index < -0.39 is 0 Å². The van der Waals surface area contributed by atoms with Crippen molar-refractivity contribution in [3.63, 3.8) is 0 Å². The summed E-state index contributed by atoms with van der Waals surface area (Å²) in [6.07, 6.45) is 6.41. The highest BCUT2D eigenvalue weighted by Gasteiger charge is 2.06. The number of benzene rings is 2. The van der Waals surface area contributed by atoms with E-state index in [9.17, 15) is 0 Å². The van der Waals surface area contributed by atoms with Gasteiger partial charge in [0.2, 0.25) is 0 Å². The van der Waals surface area contributed by atoms with Crippen molar-refractivity contribution in [2.75, 3.05) is 0 Å². The van der Waals surface area contributed by atoms with Crippen LogP contribution in [0.2, 0.25) is 0 Å². The first-order valence-corrected chi connectivity index (χ1v) is 9.38. The summed E-state index contributed by atoms with van der Waals surface area (Å²) in [4.78, 5) is 0. The lowest BCUT2D eigenvalue weighted by Gasteiger charge is -2.12. The van der Waals surface area contributed by atoms with E-state index >= 15 is 0 Å². The standard InChI is InChI=1S/C27H30/c1-8-9-27(26-12-10-20(4)11-13-26)23(7)21(5)18-22(6)25-16-14-24(15-17-25)19(2)3/h8-18H,2,5H2,1,3-4,6-7H3/b9-8-,22-18+,27-23+. The molecule has 0 aromatic heterocycles. The van der Waals surface area contributed by atoms with Gasteiger partial charge < -0.3 is 0 Å². The van der Waals surface area contributed by atoms with Gasteiger partial charge in [-0.05, 0) is 73.6 Å². The second kappa shape index (κ2) is 9.19. The van der Waals surface area contributed by atoms with Crippen molar-refractivity contribution < 1.29 is 0 Å². The Kier molecular flexibility index (Phi) is 6.96. The van der Waals surface area contributed by atoms with Crippen LogP contribution in [0, 0.1) is 6.92 Å². The maximum absolute atomic E-state index is 4.33. The molecule has 0 nitrogen and oxygen atoms in total. The summed E-state index contributed by atoms with van der Waals surface area (Å²) in [6, 6.07) is 17.2. The maximum atomic E-state index is 4.33. The highest BCUT2D eigenvalue weighted by atomic mass is 14.1. The fourth-order valence-electron chi connectivity index (χ4n) is 2.98. The van der Waals surface area contributed by atoms with Crippen LogP contribution in [-0.2, 0) is 0 Å². The van der Waals surface area contributed by atoms with Crippen LogP contribution in [0.5, 0.6) is 0 Å². The van der Waals surface area contributed by atoms with E-state index in [0.29, 0.717) is 0 Å². The van der Waals surface area contributed by atoms with Crippen LogP contribution in [0.4, 0.5) is 0 Å². The molecule has 2 aromatic carbocycles. The van der Waals surface area contributed by atoms with Gasteiger partial charge in [0, 0.05) is 0 Å². The molecule has 0 heterocycles. The molecule has 27 heavy (non-hydrogen) atoms. The third kappa shape index (κ3) is 5.31. The smallest absolute Gasteiger partial charge is 0.0152 e. The normalized spacial score (nSPS) is 12.9. The number of allylic oxidation sites excluding steroid dienone is 8. The van der Waals surface area contributed by atoms with Crippen LogP contribution < -0.4 is 0 Å². The van der Waals surface area contributed by atoms with Gasteiger partial charge >= 0.3 is 0 Å². The number of hydrogen-bond donors (Lipinski definition) is 0. The monoisotopic (exact) mass is 354 g/mol. The molecule has 0 saturated heterocycles. The lowest BCUT2D eigenvalue weighted by molar-refractivity contribution is 1.40. The molecule has 0 radical (unpaired) electrons. The first-order valence-electron chi connectivity index (χ1n) is 9.38. The molecule has 0 atom stereocenters. The Bertz CT molecular complexity index is 911. The van der Waals surface area contributed by atoms with Crippen molar-refractivity contribution in [3.8, 4) is 0 Å². The molecule has 0 heteroatoms. The van der Waals surface area contributed by atoms with Gasteiger partial charge in [-0.2, -0.15) is 0 Å². The van der Waals surface area contributed by atoms with E-state index in [1.54, 1.807) is 0 Å². The van der Waals surface area contributed by atoms with E-state index in [0.717, 1.165) is 11.1 Å². The molecule has 138 valence electrons. The summed E-state index contributed by atoms with van der Waals surface area (Å²) >= 11 is 0. The summed E-state index contributed by atoms with van der Waals surface area (Å²) in [5.41, 5.74) is 10.6. The third-order valence-corrected chi connectivity index (χ3v) is 4.81. The van der Waals surface area contributed by atoms with Gasteiger partial charge in [0.1, 0.15) is 0 Å². The molecule has 2 aromatic rings. The Morgan fingerprint density at radius 2 is 1.30 bits per heavy atom. The van der Waals surface area contributed by atoms with Crippen molar-refractivity contribution in [1.82, 2.24) is 0 Å². The van der Waals surface area contributed by atoms with E-state index in [1.165, 1.54) is 39.0 Å². The predicted octanol–water partition coefficient (Wildman–Crippen LogP) is 8.04. The summed E-state index contributed by atoms with van der Waals surface area (Å²) in [7, 11) is 0. The Morgan fingerprint density at radius 3 is 1.81 bits per heavy atom. The lowest BCUT2D eigenvalue weighted by Crippen LogP contribution is -1.91.